The molecule has 1 aromatic carbocycles. The van der Waals surface area contributed by atoms with Gasteiger partial charge in [0, 0.05) is 10.4 Å². The van der Waals surface area contributed by atoms with Crippen LogP contribution < -0.4 is 0 Å². The van der Waals surface area contributed by atoms with Crippen LogP contribution in [0.1, 0.15) is 56.7 Å². The van der Waals surface area contributed by atoms with Crippen LogP contribution in [-0.4, -0.2) is 4.98 Å². The summed E-state index contributed by atoms with van der Waals surface area (Å²) in [5.74, 6) is 0.354. The molecule has 2 aromatic rings. The first-order chi connectivity index (χ1) is 9.82. The molecule has 21 heavy (non-hydrogen) atoms. The zero-order valence-electron chi connectivity index (χ0n) is 13.4. The van der Waals surface area contributed by atoms with Gasteiger partial charge in [0.05, 0.1) is 18.2 Å². The Hall–Kier alpha value is -1.66. The fourth-order valence-electron chi connectivity index (χ4n) is 2.25. The van der Waals surface area contributed by atoms with Crippen molar-refractivity contribution in [1.29, 1.82) is 5.26 Å². The largest absolute Gasteiger partial charge is 0.241 e. The predicted molar refractivity (Wildman–Crippen MR) is 89.7 cm³/mol. The molecule has 2 nitrogen and oxygen atoms in total. The summed E-state index contributed by atoms with van der Waals surface area (Å²) in [7, 11) is 0. The monoisotopic (exact) mass is 298 g/mol. The van der Waals surface area contributed by atoms with E-state index in [1.165, 1.54) is 5.56 Å². The van der Waals surface area contributed by atoms with Crippen molar-refractivity contribution < 1.29 is 0 Å². The number of nitriles is 1. The van der Waals surface area contributed by atoms with Gasteiger partial charge < -0.3 is 0 Å². The molecule has 0 unspecified atom stereocenters. The van der Waals surface area contributed by atoms with E-state index < -0.39 is 0 Å². The van der Waals surface area contributed by atoms with Crippen LogP contribution in [0.5, 0.6) is 0 Å². The van der Waals surface area contributed by atoms with E-state index in [0.29, 0.717) is 12.3 Å². The molecule has 1 aromatic heterocycles. The van der Waals surface area contributed by atoms with Crippen LogP contribution in [0, 0.1) is 11.3 Å². The van der Waals surface area contributed by atoms with E-state index in [4.69, 9.17) is 10.2 Å². The maximum atomic E-state index is 8.96. The van der Waals surface area contributed by atoms with Gasteiger partial charge in [-0.05, 0) is 16.9 Å². The van der Waals surface area contributed by atoms with Crippen molar-refractivity contribution >= 4 is 11.3 Å². The Kier molecular flexibility index (Phi) is 4.49. The molecular weight excluding hydrogens is 276 g/mol. The lowest BCUT2D eigenvalue weighted by atomic mass is 9.87. The van der Waals surface area contributed by atoms with Crippen molar-refractivity contribution in [3.63, 3.8) is 0 Å². The van der Waals surface area contributed by atoms with Gasteiger partial charge in [-0.3, -0.25) is 0 Å². The highest BCUT2D eigenvalue weighted by Gasteiger charge is 2.17. The molecule has 0 N–H and O–H groups in total. The van der Waals surface area contributed by atoms with Crippen LogP contribution >= 0.6 is 11.3 Å². The third kappa shape index (κ3) is 3.51. The average molecular weight is 298 g/mol. The Labute approximate surface area is 131 Å². The van der Waals surface area contributed by atoms with E-state index in [0.717, 1.165) is 21.1 Å². The van der Waals surface area contributed by atoms with Crippen LogP contribution in [0.25, 0.3) is 10.6 Å². The highest BCUT2D eigenvalue weighted by atomic mass is 32.1. The number of hydrogen-bond acceptors (Lipinski definition) is 3. The lowest BCUT2D eigenvalue weighted by Gasteiger charge is -2.18. The molecule has 0 saturated heterocycles. The minimum atomic E-state index is 0.163. The zero-order valence-corrected chi connectivity index (χ0v) is 14.2. The molecular formula is C18H22N2S. The molecule has 0 aliphatic carbocycles. The summed E-state index contributed by atoms with van der Waals surface area (Å²) in [4.78, 5) is 5.86. The van der Waals surface area contributed by atoms with Gasteiger partial charge in [0.25, 0.3) is 0 Å². The minimum absolute atomic E-state index is 0.163. The van der Waals surface area contributed by atoms with Crippen LogP contribution in [0.4, 0.5) is 0 Å². The number of benzene rings is 1. The lowest BCUT2D eigenvalue weighted by Crippen LogP contribution is -2.10. The number of aromatic nitrogens is 1. The van der Waals surface area contributed by atoms with E-state index >= 15 is 0 Å². The molecule has 2 rings (SSSR count). The summed E-state index contributed by atoms with van der Waals surface area (Å²) < 4.78 is 0. The highest BCUT2D eigenvalue weighted by molar-refractivity contribution is 7.15. The number of hydrogen-bond donors (Lipinski definition) is 0. The Morgan fingerprint density at radius 2 is 1.81 bits per heavy atom. The number of nitrogens with zero attached hydrogens (tertiary/aromatic N) is 2. The first-order valence-corrected chi connectivity index (χ1v) is 8.12. The van der Waals surface area contributed by atoms with Crippen molar-refractivity contribution in [1.82, 2.24) is 4.98 Å². The van der Waals surface area contributed by atoms with E-state index in [9.17, 15) is 0 Å². The second kappa shape index (κ2) is 5.99. The molecule has 1 heterocycles. The Balaban J connectivity index is 2.38. The Bertz CT molecular complexity index is 652. The molecule has 0 amide bonds. The van der Waals surface area contributed by atoms with E-state index in [1.54, 1.807) is 11.3 Å². The normalized spacial score (nSPS) is 11.7. The molecule has 0 aliphatic rings. The first-order valence-electron chi connectivity index (χ1n) is 7.30. The quantitative estimate of drug-likeness (QED) is 0.771. The summed E-state index contributed by atoms with van der Waals surface area (Å²) in [6.07, 6.45) is 0.450. The molecule has 3 heteroatoms. The third-order valence-corrected chi connectivity index (χ3v) is 4.63. The average Bonchev–Trinajstić information content (AvgIpc) is 2.82. The maximum absolute atomic E-state index is 8.96. The smallest absolute Gasteiger partial charge is 0.123 e. The number of rotatable bonds is 3. The van der Waals surface area contributed by atoms with Crippen LogP contribution in [0.2, 0.25) is 0 Å². The summed E-state index contributed by atoms with van der Waals surface area (Å²) >= 11 is 1.65. The Morgan fingerprint density at radius 3 is 2.29 bits per heavy atom. The summed E-state index contributed by atoms with van der Waals surface area (Å²) in [6, 6.07) is 10.9. The van der Waals surface area contributed by atoms with E-state index in [2.05, 4.69) is 65.0 Å². The van der Waals surface area contributed by atoms with Gasteiger partial charge in [0.1, 0.15) is 5.01 Å². The molecule has 0 bridgehead atoms. The van der Waals surface area contributed by atoms with Gasteiger partial charge in [-0.25, -0.2) is 4.98 Å². The SMILES string of the molecule is CC(C)c1nc(-c2ccc(C(C)(C)C)cc2)sc1CC#N. The molecule has 0 fully saturated rings. The fraction of sp³-hybridized carbons (Fsp3) is 0.444. The van der Waals surface area contributed by atoms with Crippen LogP contribution in [0.3, 0.4) is 0 Å². The standard InChI is InChI=1S/C18H22N2S/c1-12(2)16-15(10-11-19)21-17(20-16)13-6-8-14(9-7-13)18(3,4)5/h6-9,12H,10H2,1-5H3. The number of thiazole rings is 1. The molecule has 110 valence electrons. The molecule has 0 saturated carbocycles. The Morgan fingerprint density at radius 1 is 1.19 bits per heavy atom. The molecule has 0 atom stereocenters. The van der Waals surface area contributed by atoms with Crippen LogP contribution in [0.15, 0.2) is 24.3 Å². The summed E-state index contributed by atoms with van der Waals surface area (Å²) in [6.45, 7) is 10.9. The van der Waals surface area contributed by atoms with Gasteiger partial charge in [-0.1, -0.05) is 58.9 Å². The maximum Gasteiger partial charge on any atom is 0.123 e. The molecule has 0 spiro atoms. The minimum Gasteiger partial charge on any atom is -0.241 e. The fourth-order valence-corrected chi connectivity index (χ4v) is 3.40. The first kappa shape index (κ1) is 15.7. The molecule has 0 aliphatic heterocycles. The second-order valence-electron chi connectivity index (χ2n) is 6.64. The lowest BCUT2D eigenvalue weighted by molar-refractivity contribution is 0.590. The van der Waals surface area contributed by atoms with Crippen LogP contribution in [-0.2, 0) is 11.8 Å². The highest BCUT2D eigenvalue weighted by Crippen LogP contribution is 2.33. The van der Waals surface area contributed by atoms with Gasteiger partial charge >= 0.3 is 0 Å². The van der Waals surface area contributed by atoms with Crippen molar-refractivity contribution in [3.05, 3.63) is 40.4 Å². The van der Waals surface area contributed by atoms with Crippen molar-refractivity contribution in [2.24, 2.45) is 0 Å². The van der Waals surface area contributed by atoms with Gasteiger partial charge in [-0.2, -0.15) is 5.26 Å². The summed E-state index contributed by atoms with van der Waals surface area (Å²) in [5.41, 5.74) is 3.69. The van der Waals surface area contributed by atoms with E-state index in [-0.39, 0.29) is 5.41 Å². The topological polar surface area (TPSA) is 36.7 Å². The zero-order chi connectivity index (χ0) is 15.6. The molecule has 0 radical (unpaired) electrons. The van der Waals surface area contributed by atoms with Crippen molar-refractivity contribution in [2.75, 3.05) is 0 Å². The van der Waals surface area contributed by atoms with Crippen molar-refractivity contribution in [3.8, 4) is 16.6 Å². The predicted octanol–water partition coefficient (Wildman–Crippen LogP) is 5.30. The summed E-state index contributed by atoms with van der Waals surface area (Å²) in [5, 5.41) is 9.98. The third-order valence-electron chi connectivity index (χ3n) is 3.51. The van der Waals surface area contributed by atoms with Crippen molar-refractivity contribution in [2.45, 2.75) is 52.4 Å². The second-order valence-corrected chi connectivity index (χ2v) is 7.73. The van der Waals surface area contributed by atoms with E-state index in [1.807, 2.05) is 0 Å². The van der Waals surface area contributed by atoms with Gasteiger partial charge in [-0.15, -0.1) is 11.3 Å². The van der Waals surface area contributed by atoms with Gasteiger partial charge in [0.15, 0.2) is 0 Å². The van der Waals surface area contributed by atoms with Gasteiger partial charge in [0.2, 0.25) is 0 Å².